The van der Waals surface area contributed by atoms with Crippen molar-refractivity contribution in [2.75, 3.05) is 41.9 Å². The fraction of sp³-hybridized carbons (Fsp3) is 0.600. The molecule has 0 saturated carbocycles. The van der Waals surface area contributed by atoms with Gasteiger partial charge >= 0.3 is 0 Å². The summed E-state index contributed by atoms with van der Waals surface area (Å²) in [7, 11) is 1.89. The van der Waals surface area contributed by atoms with Crippen molar-refractivity contribution in [1.82, 2.24) is 9.97 Å². The van der Waals surface area contributed by atoms with Crippen LogP contribution >= 0.6 is 11.8 Å². The molecule has 0 bridgehead atoms. The standard InChI is InChI=1S/C10H16N4S/c1-8-12-9(11-2)7-10(13-8)14-3-5-15-6-4-14/h7H,3-6H2,1-2H3,(H,11,12,13). The number of aromatic nitrogens is 2. The summed E-state index contributed by atoms with van der Waals surface area (Å²) in [4.78, 5) is 11.1. The van der Waals surface area contributed by atoms with Crippen LogP contribution in [0.5, 0.6) is 0 Å². The predicted molar refractivity (Wildman–Crippen MR) is 65.9 cm³/mol. The quantitative estimate of drug-likeness (QED) is 0.822. The lowest BCUT2D eigenvalue weighted by atomic mass is 10.4. The molecule has 2 rings (SSSR count). The van der Waals surface area contributed by atoms with Gasteiger partial charge in [0.15, 0.2) is 0 Å². The maximum atomic E-state index is 4.47. The van der Waals surface area contributed by atoms with E-state index in [-0.39, 0.29) is 0 Å². The van der Waals surface area contributed by atoms with Crippen molar-refractivity contribution in [3.05, 3.63) is 11.9 Å². The van der Waals surface area contributed by atoms with Crippen LogP contribution in [-0.2, 0) is 0 Å². The van der Waals surface area contributed by atoms with Crippen molar-refractivity contribution >= 4 is 23.4 Å². The van der Waals surface area contributed by atoms with Crippen molar-refractivity contribution in [2.24, 2.45) is 0 Å². The zero-order valence-corrected chi connectivity index (χ0v) is 9.97. The van der Waals surface area contributed by atoms with Crippen LogP contribution in [0.3, 0.4) is 0 Å². The molecular weight excluding hydrogens is 208 g/mol. The molecule has 1 N–H and O–H groups in total. The van der Waals surface area contributed by atoms with Crippen molar-refractivity contribution in [3.63, 3.8) is 0 Å². The minimum Gasteiger partial charge on any atom is -0.373 e. The molecule has 4 nitrogen and oxygen atoms in total. The first-order valence-corrected chi connectivity index (χ1v) is 6.31. The maximum absolute atomic E-state index is 4.47. The van der Waals surface area contributed by atoms with Crippen LogP contribution in [-0.4, -0.2) is 41.6 Å². The number of hydrogen-bond donors (Lipinski definition) is 1. The molecule has 1 aliphatic rings. The Balaban J connectivity index is 2.22. The Labute approximate surface area is 94.5 Å². The van der Waals surface area contributed by atoms with Gasteiger partial charge in [-0.25, -0.2) is 9.97 Å². The average molecular weight is 224 g/mol. The molecule has 15 heavy (non-hydrogen) atoms. The molecule has 2 heterocycles. The number of nitrogens with zero attached hydrogens (tertiary/aromatic N) is 3. The maximum Gasteiger partial charge on any atom is 0.134 e. The Hall–Kier alpha value is -0.970. The van der Waals surface area contributed by atoms with Crippen LogP contribution in [0.25, 0.3) is 0 Å². The summed E-state index contributed by atoms with van der Waals surface area (Å²) >= 11 is 2.01. The largest absolute Gasteiger partial charge is 0.373 e. The minimum absolute atomic E-state index is 0.829. The topological polar surface area (TPSA) is 41.0 Å². The molecule has 1 saturated heterocycles. The molecule has 0 aliphatic carbocycles. The van der Waals surface area contributed by atoms with Gasteiger partial charge in [-0.2, -0.15) is 11.8 Å². The molecule has 0 aromatic carbocycles. The Kier molecular flexibility index (Phi) is 3.30. The average Bonchev–Trinajstić information content (AvgIpc) is 2.29. The Morgan fingerprint density at radius 2 is 2.07 bits per heavy atom. The molecule has 5 heteroatoms. The van der Waals surface area contributed by atoms with Gasteiger partial charge in [0.25, 0.3) is 0 Å². The van der Waals surface area contributed by atoms with E-state index in [4.69, 9.17) is 0 Å². The molecule has 0 radical (unpaired) electrons. The molecule has 82 valence electrons. The smallest absolute Gasteiger partial charge is 0.134 e. The molecule has 0 spiro atoms. The highest BCUT2D eigenvalue weighted by Crippen LogP contribution is 2.19. The second-order valence-electron chi connectivity index (χ2n) is 3.51. The monoisotopic (exact) mass is 224 g/mol. The SMILES string of the molecule is CNc1cc(N2CCSCC2)nc(C)n1. The summed E-state index contributed by atoms with van der Waals surface area (Å²) in [5.74, 6) is 5.16. The van der Waals surface area contributed by atoms with Gasteiger partial charge in [0.05, 0.1) is 0 Å². The number of nitrogens with one attached hydrogen (secondary N) is 1. The van der Waals surface area contributed by atoms with Crippen molar-refractivity contribution in [3.8, 4) is 0 Å². The van der Waals surface area contributed by atoms with Crippen LogP contribution in [0.1, 0.15) is 5.82 Å². The third kappa shape index (κ3) is 2.53. The van der Waals surface area contributed by atoms with E-state index < -0.39 is 0 Å². The molecule has 1 aromatic rings. The van der Waals surface area contributed by atoms with Gasteiger partial charge in [0.1, 0.15) is 17.5 Å². The van der Waals surface area contributed by atoms with E-state index in [2.05, 4.69) is 20.2 Å². The van der Waals surface area contributed by atoms with E-state index in [1.54, 1.807) is 0 Å². The fourth-order valence-electron chi connectivity index (χ4n) is 1.63. The third-order valence-corrected chi connectivity index (χ3v) is 3.36. The predicted octanol–water partition coefficient (Wildman–Crippen LogP) is 1.38. The second-order valence-corrected chi connectivity index (χ2v) is 4.73. The van der Waals surface area contributed by atoms with Gasteiger partial charge in [-0.3, -0.25) is 0 Å². The van der Waals surface area contributed by atoms with Crippen molar-refractivity contribution in [1.29, 1.82) is 0 Å². The van der Waals surface area contributed by atoms with Crippen molar-refractivity contribution in [2.45, 2.75) is 6.92 Å². The zero-order chi connectivity index (χ0) is 10.7. The van der Waals surface area contributed by atoms with Crippen LogP contribution in [0.4, 0.5) is 11.6 Å². The lowest BCUT2D eigenvalue weighted by Crippen LogP contribution is -2.33. The second kappa shape index (κ2) is 4.70. The Bertz CT molecular complexity index is 336. The van der Waals surface area contributed by atoms with Gasteiger partial charge in [0, 0.05) is 37.7 Å². The van der Waals surface area contributed by atoms with Gasteiger partial charge in [-0.05, 0) is 6.92 Å². The highest BCUT2D eigenvalue weighted by molar-refractivity contribution is 7.99. The van der Waals surface area contributed by atoms with E-state index in [1.165, 1.54) is 11.5 Å². The van der Waals surface area contributed by atoms with E-state index >= 15 is 0 Å². The summed E-state index contributed by atoms with van der Waals surface area (Å²) in [6.45, 7) is 4.11. The van der Waals surface area contributed by atoms with E-state index in [9.17, 15) is 0 Å². The van der Waals surface area contributed by atoms with Crippen LogP contribution in [0, 0.1) is 6.92 Å². The Morgan fingerprint density at radius 3 is 2.73 bits per heavy atom. The number of anilines is 2. The molecule has 1 aliphatic heterocycles. The molecule has 0 amide bonds. The number of hydrogen-bond acceptors (Lipinski definition) is 5. The van der Waals surface area contributed by atoms with Gasteiger partial charge in [0.2, 0.25) is 0 Å². The van der Waals surface area contributed by atoms with Crippen LogP contribution in [0.2, 0.25) is 0 Å². The summed E-state index contributed by atoms with van der Waals surface area (Å²) in [6.07, 6.45) is 0. The fourth-order valence-corrected chi connectivity index (χ4v) is 2.54. The first-order chi connectivity index (χ1) is 7.29. The van der Waals surface area contributed by atoms with E-state index in [1.807, 2.05) is 31.8 Å². The van der Waals surface area contributed by atoms with Gasteiger partial charge < -0.3 is 10.2 Å². The highest BCUT2D eigenvalue weighted by atomic mass is 32.2. The summed E-state index contributed by atoms with van der Waals surface area (Å²) in [6, 6.07) is 2.02. The lowest BCUT2D eigenvalue weighted by molar-refractivity contribution is 0.829. The summed E-state index contributed by atoms with van der Waals surface area (Å²) < 4.78 is 0. The molecule has 0 unspecified atom stereocenters. The highest BCUT2D eigenvalue weighted by Gasteiger charge is 2.13. The van der Waals surface area contributed by atoms with Crippen LogP contribution in [0.15, 0.2) is 6.07 Å². The van der Waals surface area contributed by atoms with E-state index in [0.717, 1.165) is 30.5 Å². The zero-order valence-electron chi connectivity index (χ0n) is 9.16. The van der Waals surface area contributed by atoms with E-state index in [0.29, 0.717) is 0 Å². The van der Waals surface area contributed by atoms with Gasteiger partial charge in [-0.1, -0.05) is 0 Å². The van der Waals surface area contributed by atoms with Gasteiger partial charge in [-0.15, -0.1) is 0 Å². The summed E-state index contributed by atoms with van der Waals surface area (Å²) in [5.41, 5.74) is 0. The molecule has 1 fully saturated rings. The first kappa shape index (κ1) is 10.5. The number of aryl methyl sites for hydroxylation is 1. The van der Waals surface area contributed by atoms with Crippen molar-refractivity contribution < 1.29 is 0 Å². The minimum atomic E-state index is 0.829. The lowest BCUT2D eigenvalue weighted by Gasteiger charge is -2.27. The number of rotatable bonds is 2. The molecule has 0 atom stereocenters. The summed E-state index contributed by atoms with van der Waals surface area (Å²) in [5, 5.41) is 3.06. The van der Waals surface area contributed by atoms with Crippen LogP contribution < -0.4 is 10.2 Å². The Morgan fingerprint density at radius 1 is 1.33 bits per heavy atom. The molecule has 1 aromatic heterocycles. The normalized spacial score (nSPS) is 16.5. The third-order valence-electron chi connectivity index (χ3n) is 2.42. The molecular formula is C10H16N4S. The first-order valence-electron chi connectivity index (χ1n) is 5.16. The number of thioether (sulfide) groups is 1.